The second-order valence-electron chi connectivity index (χ2n) is 25.6. The molecule has 8 aromatic rings. The van der Waals surface area contributed by atoms with Gasteiger partial charge in [-0.15, -0.1) is 11.5 Å². The molecule has 0 aliphatic rings. The zero-order valence-electron chi connectivity index (χ0n) is 55.2. The number of hydrogen-bond donors (Lipinski definition) is 4. The quantitative estimate of drug-likeness (QED) is 0.0596. The summed E-state index contributed by atoms with van der Waals surface area (Å²) in [4.78, 5) is 10.3. The van der Waals surface area contributed by atoms with E-state index in [0.717, 1.165) is 33.5 Å². The predicted octanol–water partition coefficient (Wildman–Crippen LogP) is 20.8. The van der Waals surface area contributed by atoms with Gasteiger partial charge in [0.05, 0.1) is 46.9 Å². The Morgan fingerprint density at radius 1 is 0.256 bits per heavy atom. The van der Waals surface area contributed by atoms with Gasteiger partial charge < -0.3 is 31.5 Å². The van der Waals surface area contributed by atoms with Crippen molar-refractivity contribution < 1.29 is 43.8 Å². The van der Waals surface area contributed by atoms with Gasteiger partial charge in [0.15, 0.2) is 0 Å². The van der Waals surface area contributed by atoms with Gasteiger partial charge in [0.1, 0.15) is 0 Å². The van der Waals surface area contributed by atoms with E-state index in [2.05, 4.69) is 269 Å². The van der Waals surface area contributed by atoms with Crippen LogP contribution in [0.3, 0.4) is 0 Å². The molecule has 2 heterocycles. The van der Waals surface area contributed by atoms with Crippen LogP contribution in [0.2, 0.25) is 0 Å². The molecule has 0 aliphatic carbocycles. The zero-order chi connectivity index (χ0) is 61.7. The Labute approximate surface area is 539 Å². The topological polar surface area (TPSA) is 120 Å². The molecule has 0 spiro atoms. The van der Waals surface area contributed by atoms with Crippen LogP contribution < -0.4 is 31.5 Å². The van der Waals surface area contributed by atoms with Crippen molar-refractivity contribution in [3.8, 4) is 11.5 Å². The van der Waals surface area contributed by atoms with Gasteiger partial charge in [0.2, 0.25) is 0 Å². The SMILES string of the molecule is CC(C)c1cccc(C(C)C)c1NC(C)c1cccc(C(C)Nc2c(C(C)C)cccc2C(C)C)n1.CC(C)c1cccc(C(C)C)c1NC(C)c1cccc(C(C)Nc2c(C(C)C)cccc2C(C)C)n1.[Co+].[Co+].[O-]c1cc2ccccc2cc1[O-]. The molecule has 0 amide bonds. The second-order valence-corrected chi connectivity index (χ2v) is 25.6. The molecule has 10 heteroatoms. The molecule has 0 radical (unpaired) electrons. The summed E-state index contributed by atoms with van der Waals surface area (Å²) in [5, 5.41) is 38.8. The molecular weight excluding hydrogens is 1150 g/mol. The first kappa shape index (κ1) is 72.2. The predicted molar refractivity (Wildman–Crippen MR) is 358 cm³/mol. The minimum atomic E-state index is -0.436. The fraction of sp³-hybridized carbons (Fsp3) is 0.421. The monoisotopic (exact) mass is 1250 g/mol. The molecule has 4 atom stereocenters. The number of hydrogen-bond acceptors (Lipinski definition) is 8. The number of pyridine rings is 2. The Morgan fingerprint density at radius 2 is 0.430 bits per heavy atom. The van der Waals surface area contributed by atoms with E-state index in [9.17, 15) is 10.2 Å². The number of para-hydroxylation sites is 4. The molecule has 0 bridgehead atoms. The van der Waals surface area contributed by atoms with Crippen LogP contribution in [0.4, 0.5) is 22.7 Å². The van der Waals surface area contributed by atoms with E-state index < -0.39 is 11.5 Å². The van der Waals surface area contributed by atoms with Crippen LogP contribution >= 0.6 is 0 Å². The summed E-state index contributed by atoms with van der Waals surface area (Å²) in [6.45, 7) is 45.1. The van der Waals surface area contributed by atoms with E-state index in [4.69, 9.17) is 9.97 Å². The van der Waals surface area contributed by atoms with Crippen LogP contribution in [0.25, 0.3) is 10.8 Å². The summed E-state index contributed by atoms with van der Waals surface area (Å²) in [5.41, 5.74) is 20.3. The van der Waals surface area contributed by atoms with Crippen molar-refractivity contribution in [3.05, 3.63) is 213 Å². The van der Waals surface area contributed by atoms with Crippen molar-refractivity contribution in [3.63, 3.8) is 0 Å². The standard InChI is InChI=1S/2C33H47N3.C10H8O2.2Co/c2*1-20(2)26-14-11-15-27(21(3)4)32(26)34-24(9)30-18-13-19-31(36-30)25(10)35-33-28(22(5)6)16-12-17-29(33)23(7)8;11-9-5-7-3-1-2-4-8(7)6-10(9)12;;/h2*11-25,34-35H,1-10H3;1-6,11-12H;;/q;;;2*+1/p-2. The van der Waals surface area contributed by atoms with Crippen molar-refractivity contribution in [1.82, 2.24) is 9.97 Å². The van der Waals surface area contributed by atoms with Crippen molar-refractivity contribution in [2.45, 2.75) is 210 Å². The third kappa shape index (κ3) is 18.6. The van der Waals surface area contributed by atoms with Gasteiger partial charge in [0.25, 0.3) is 0 Å². The summed E-state index contributed by atoms with van der Waals surface area (Å²) < 4.78 is 0. The van der Waals surface area contributed by atoms with E-state index in [0.29, 0.717) is 47.3 Å². The van der Waals surface area contributed by atoms with Crippen molar-refractivity contribution in [2.24, 2.45) is 0 Å². The fourth-order valence-corrected chi connectivity index (χ4v) is 11.1. The van der Waals surface area contributed by atoms with Gasteiger partial charge in [-0.25, -0.2) is 0 Å². The average molecular weight is 1250 g/mol. The van der Waals surface area contributed by atoms with Crippen LogP contribution in [0.15, 0.2) is 146 Å². The fourth-order valence-electron chi connectivity index (χ4n) is 11.1. The van der Waals surface area contributed by atoms with Gasteiger partial charge in [-0.2, -0.15) is 0 Å². The number of nitrogens with one attached hydrogen (secondary N) is 4. The van der Waals surface area contributed by atoms with Gasteiger partial charge in [-0.1, -0.05) is 232 Å². The molecule has 4 N–H and O–H groups in total. The third-order valence-electron chi connectivity index (χ3n) is 16.1. The van der Waals surface area contributed by atoms with Gasteiger partial charge in [-0.3, -0.25) is 9.97 Å². The summed E-state index contributed by atoms with van der Waals surface area (Å²) in [6, 6.07) is 50.1. The van der Waals surface area contributed by atoms with Gasteiger partial charge in [-0.05, 0) is 155 Å². The van der Waals surface area contributed by atoms with Gasteiger partial charge >= 0.3 is 33.6 Å². The molecule has 4 unspecified atom stereocenters. The van der Waals surface area contributed by atoms with Crippen LogP contribution in [0.1, 0.15) is 277 Å². The van der Waals surface area contributed by atoms with Crippen molar-refractivity contribution in [1.29, 1.82) is 0 Å². The molecule has 8 nitrogen and oxygen atoms in total. The Hall–Kier alpha value is -6.31. The van der Waals surface area contributed by atoms with Crippen LogP contribution in [0, 0.1) is 0 Å². The van der Waals surface area contributed by atoms with E-state index in [1.165, 1.54) is 79.4 Å². The van der Waals surface area contributed by atoms with E-state index in [1.807, 2.05) is 24.3 Å². The molecule has 86 heavy (non-hydrogen) atoms. The zero-order valence-corrected chi connectivity index (χ0v) is 57.2. The molecule has 0 aliphatic heterocycles. The molecule has 0 fully saturated rings. The summed E-state index contributed by atoms with van der Waals surface area (Å²) in [6.07, 6.45) is 0. The Kier molecular flexibility index (Phi) is 27.8. The number of anilines is 4. The van der Waals surface area contributed by atoms with E-state index in [1.54, 1.807) is 0 Å². The number of aromatic nitrogens is 2. The number of fused-ring (bicyclic) bond motifs is 1. The Morgan fingerprint density at radius 3 is 0.605 bits per heavy atom. The molecular formula is C76H100Co2N6O2. The first-order chi connectivity index (χ1) is 39.8. The molecule has 0 saturated heterocycles. The van der Waals surface area contributed by atoms with Crippen molar-refractivity contribution >= 4 is 33.5 Å². The van der Waals surface area contributed by atoms with E-state index >= 15 is 0 Å². The van der Waals surface area contributed by atoms with Crippen molar-refractivity contribution in [2.75, 3.05) is 21.3 Å². The summed E-state index contributed by atoms with van der Waals surface area (Å²) >= 11 is 0. The number of nitrogens with zero attached hydrogens (tertiary/aromatic N) is 2. The number of benzene rings is 6. The summed E-state index contributed by atoms with van der Waals surface area (Å²) in [5.74, 6) is 2.78. The van der Waals surface area contributed by atoms with E-state index in [-0.39, 0.29) is 57.7 Å². The maximum absolute atomic E-state index is 10.9. The van der Waals surface area contributed by atoms with Crippen LogP contribution in [-0.2, 0) is 33.6 Å². The molecule has 0 saturated carbocycles. The third-order valence-corrected chi connectivity index (χ3v) is 16.1. The van der Waals surface area contributed by atoms with Crippen LogP contribution in [-0.4, -0.2) is 9.97 Å². The molecule has 2 aromatic heterocycles. The smallest absolute Gasteiger partial charge is 0.873 e. The molecule has 464 valence electrons. The van der Waals surface area contributed by atoms with Gasteiger partial charge in [0, 0.05) is 22.7 Å². The second kappa shape index (κ2) is 33.2. The minimum absolute atomic E-state index is 0. The maximum Gasteiger partial charge on any atom is 1.00 e. The maximum atomic E-state index is 10.9. The summed E-state index contributed by atoms with van der Waals surface area (Å²) in [7, 11) is 0. The average Bonchev–Trinajstić information content (AvgIpc) is 2.02. The Balaban J connectivity index is 0.000000302. The van der Waals surface area contributed by atoms with Crippen LogP contribution in [0.5, 0.6) is 11.5 Å². The molecule has 6 aromatic carbocycles. The largest absolute Gasteiger partial charge is 1.00 e. The first-order valence-corrected chi connectivity index (χ1v) is 31.2. The molecule has 8 rings (SSSR count). The normalized spacial score (nSPS) is 12.7. The minimum Gasteiger partial charge on any atom is -0.873 e. The Bertz CT molecular complexity index is 2900. The number of rotatable bonds is 20. The first-order valence-electron chi connectivity index (χ1n) is 31.2.